The van der Waals surface area contributed by atoms with Gasteiger partial charge in [-0.2, -0.15) is 0 Å². The monoisotopic (exact) mass is 510 g/mol. The molecule has 0 aliphatic rings. The van der Waals surface area contributed by atoms with E-state index >= 15 is 0 Å². The molecule has 0 fully saturated rings. The fraction of sp³-hybridized carbons (Fsp3) is 0.200. The summed E-state index contributed by atoms with van der Waals surface area (Å²) in [6.45, 7) is 7.47. The topological polar surface area (TPSA) is 105 Å². The highest BCUT2D eigenvalue weighted by Gasteiger charge is 2.33. The lowest BCUT2D eigenvalue weighted by Gasteiger charge is -2.18. The lowest BCUT2D eigenvalue weighted by atomic mass is 9.84. The number of nitrogens with one attached hydrogen (secondary N) is 2. The van der Waals surface area contributed by atoms with Crippen LogP contribution in [0.4, 0.5) is 0 Å². The number of para-hydroxylation sites is 3. The first-order valence-corrected chi connectivity index (χ1v) is 12.4. The van der Waals surface area contributed by atoms with Gasteiger partial charge in [0.05, 0.1) is 35.5 Å². The van der Waals surface area contributed by atoms with Gasteiger partial charge < -0.3 is 9.84 Å². The predicted octanol–water partition coefficient (Wildman–Crippen LogP) is 4.77. The van der Waals surface area contributed by atoms with Crippen molar-refractivity contribution < 1.29 is 9.84 Å². The van der Waals surface area contributed by atoms with Gasteiger partial charge in [0.2, 0.25) is 0 Å². The van der Waals surface area contributed by atoms with Gasteiger partial charge in [0.15, 0.2) is 11.5 Å². The largest absolute Gasteiger partial charge is 0.504 e. The maximum Gasteiger partial charge on any atom is 0.275 e. The highest BCUT2D eigenvalue weighted by Crippen LogP contribution is 2.41. The van der Waals surface area contributed by atoms with Gasteiger partial charge in [-0.25, -0.2) is 9.36 Å². The Morgan fingerprint density at radius 3 is 1.63 bits per heavy atom. The van der Waals surface area contributed by atoms with Gasteiger partial charge in [0.25, 0.3) is 11.1 Å². The molecule has 0 unspecified atom stereocenters. The number of rotatable bonds is 6. The van der Waals surface area contributed by atoms with E-state index in [0.717, 1.165) is 11.1 Å². The summed E-state index contributed by atoms with van der Waals surface area (Å²) < 4.78 is 8.36. The molecule has 2 heterocycles. The maximum atomic E-state index is 14.0. The van der Waals surface area contributed by atoms with E-state index < -0.39 is 5.92 Å². The van der Waals surface area contributed by atoms with Crippen molar-refractivity contribution in [2.45, 2.75) is 33.6 Å². The maximum absolute atomic E-state index is 14.0. The quantitative estimate of drug-likeness (QED) is 0.306. The second-order valence-corrected chi connectivity index (χ2v) is 9.49. The van der Waals surface area contributed by atoms with Crippen molar-refractivity contribution >= 4 is 0 Å². The van der Waals surface area contributed by atoms with E-state index in [1.165, 1.54) is 16.5 Å². The molecule has 0 spiro atoms. The standard InChI is InChI=1S/C30H30N4O4/c1-17-11-6-8-14-22(17)33-29(36)25(19(3)31-33)27(21-13-10-16-24(38-5)28(21)35)26-20(4)32-34(30(26)37)23-15-9-7-12-18(23)2/h6-16,27,31-32,35H,1-5H3. The highest BCUT2D eigenvalue weighted by molar-refractivity contribution is 5.56. The van der Waals surface area contributed by atoms with Gasteiger partial charge in [-0.15, -0.1) is 0 Å². The van der Waals surface area contributed by atoms with Gasteiger partial charge in [-0.05, 0) is 57.0 Å². The summed E-state index contributed by atoms with van der Waals surface area (Å²) in [6, 6.07) is 20.2. The number of aryl methyl sites for hydroxylation is 4. The van der Waals surface area contributed by atoms with Gasteiger partial charge >= 0.3 is 0 Å². The van der Waals surface area contributed by atoms with E-state index in [-0.39, 0.29) is 22.6 Å². The Bertz CT molecular complexity index is 1670. The summed E-state index contributed by atoms with van der Waals surface area (Å²) in [7, 11) is 1.47. The van der Waals surface area contributed by atoms with Gasteiger partial charge in [0, 0.05) is 17.0 Å². The van der Waals surface area contributed by atoms with Crippen LogP contribution in [0, 0.1) is 27.7 Å². The Hall–Kier alpha value is -4.72. The van der Waals surface area contributed by atoms with Crippen molar-refractivity contribution in [3.63, 3.8) is 0 Å². The molecule has 3 aromatic carbocycles. The number of nitrogens with zero attached hydrogens (tertiary/aromatic N) is 2. The van der Waals surface area contributed by atoms with Crippen LogP contribution in [-0.2, 0) is 0 Å². The van der Waals surface area contributed by atoms with Crippen LogP contribution in [0.25, 0.3) is 11.4 Å². The van der Waals surface area contributed by atoms with E-state index in [9.17, 15) is 14.7 Å². The second-order valence-electron chi connectivity index (χ2n) is 9.49. The minimum absolute atomic E-state index is 0.120. The Kier molecular flexibility index (Phi) is 6.32. The highest BCUT2D eigenvalue weighted by atomic mass is 16.5. The number of methoxy groups -OCH3 is 1. The minimum atomic E-state index is -0.867. The first kappa shape index (κ1) is 25.0. The molecule has 0 saturated carbocycles. The molecule has 194 valence electrons. The molecule has 0 atom stereocenters. The third kappa shape index (κ3) is 3.94. The number of H-pyrrole nitrogens is 2. The van der Waals surface area contributed by atoms with Crippen LogP contribution in [0.1, 0.15) is 45.1 Å². The lowest BCUT2D eigenvalue weighted by molar-refractivity contribution is 0.370. The lowest BCUT2D eigenvalue weighted by Crippen LogP contribution is -2.26. The van der Waals surface area contributed by atoms with Crippen molar-refractivity contribution in [2.75, 3.05) is 7.11 Å². The number of benzene rings is 3. The first-order valence-electron chi connectivity index (χ1n) is 12.4. The molecule has 0 bridgehead atoms. The number of hydrogen-bond donors (Lipinski definition) is 3. The molecule has 8 heteroatoms. The Morgan fingerprint density at radius 2 is 1.18 bits per heavy atom. The number of aromatic hydroxyl groups is 1. The molecule has 8 nitrogen and oxygen atoms in total. The summed E-state index contributed by atoms with van der Waals surface area (Å²) in [5, 5.41) is 17.6. The zero-order valence-electron chi connectivity index (χ0n) is 22.0. The van der Waals surface area contributed by atoms with Crippen LogP contribution in [0.5, 0.6) is 11.5 Å². The summed E-state index contributed by atoms with van der Waals surface area (Å²) in [5.41, 5.74) is 4.98. The Labute approximate surface area is 219 Å². The van der Waals surface area contributed by atoms with Gasteiger partial charge in [0.1, 0.15) is 0 Å². The van der Waals surface area contributed by atoms with Crippen LogP contribution < -0.4 is 15.9 Å². The van der Waals surface area contributed by atoms with Crippen molar-refractivity contribution in [2.24, 2.45) is 0 Å². The average molecular weight is 511 g/mol. The van der Waals surface area contributed by atoms with Crippen LogP contribution in [0.15, 0.2) is 76.3 Å². The molecule has 0 aliphatic heterocycles. The molecule has 0 amide bonds. The molecule has 5 aromatic rings. The summed E-state index contributed by atoms with van der Waals surface area (Å²) >= 11 is 0. The summed E-state index contributed by atoms with van der Waals surface area (Å²) in [4.78, 5) is 28.1. The molecule has 5 rings (SSSR count). The SMILES string of the molecule is COc1cccc(C(c2c(C)[nH]n(-c3ccccc3C)c2=O)c2c(C)[nH]n(-c3ccccc3C)c2=O)c1O. The molecular weight excluding hydrogens is 480 g/mol. The molecule has 0 saturated heterocycles. The van der Waals surface area contributed by atoms with Crippen LogP contribution in [0.2, 0.25) is 0 Å². The molecule has 2 aromatic heterocycles. The molecule has 0 aliphatic carbocycles. The number of hydrogen-bond acceptors (Lipinski definition) is 4. The van der Waals surface area contributed by atoms with E-state index in [2.05, 4.69) is 10.2 Å². The third-order valence-electron chi connectivity index (χ3n) is 7.09. The third-order valence-corrected chi connectivity index (χ3v) is 7.09. The summed E-state index contributed by atoms with van der Waals surface area (Å²) in [6.07, 6.45) is 0. The molecule has 0 radical (unpaired) electrons. The van der Waals surface area contributed by atoms with E-state index in [0.29, 0.717) is 39.5 Å². The predicted molar refractivity (Wildman–Crippen MR) is 147 cm³/mol. The minimum Gasteiger partial charge on any atom is -0.504 e. The van der Waals surface area contributed by atoms with Crippen molar-refractivity contribution in [1.82, 2.24) is 19.6 Å². The number of ether oxygens (including phenoxy) is 1. The summed E-state index contributed by atoms with van der Waals surface area (Å²) in [5.74, 6) is -0.731. The van der Waals surface area contributed by atoms with Crippen LogP contribution in [0.3, 0.4) is 0 Å². The van der Waals surface area contributed by atoms with Crippen LogP contribution in [-0.4, -0.2) is 31.8 Å². The fourth-order valence-corrected chi connectivity index (χ4v) is 5.16. The average Bonchev–Trinajstić information content (AvgIpc) is 3.35. The number of aromatic nitrogens is 4. The van der Waals surface area contributed by atoms with E-state index in [1.54, 1.807) is 32.0 Å². The molecular formula is C30H30N4O4. The van der Waals surface area contributed by atoms with E-state index in [4.69, 9.17) is 4.74 Å². The van der Waals surface area contributed by atoms with Crippen LogP contribution >= 0.6 is 0 Å². The Balaban J connectivity index is 1.83. The normalized spacial score (nSPS) is 11.3. The van der Waals surface area contributed by atoms with Gasteiger partial charge in [-0.1, -0.05) is 48.5 Å². The van der Waals surface area contributed by atoms with Gasteiger partial charge in [-0.3, -0.25) is 19.8 Å². The van der Waals surface area contributed by atoms with E-state index in [1.807, 2.05) is 62.4 Å². The van der Waals surface area contributed by atoms with Crippen molar-refractivity contribution in [3.8, 4) is 22.9 Å². The fourth-order valence-electron chi connectivity index (χ4n) is 5.16. The zero-order valence-corrected chi connectivity index (χ0v) is 22.0. The second kappa shape index (κ2) is 9.63. The van der Waals surface area contributed by atoms with Crippen molar-refractivity contribution in [3.05, 3.63) is 127 Å². The number of aromatic amines is 2. The van der Waals surface area contributed by atoms with Crippen molar-refractivity contribution in [1.29, 1.82) is 0 Å². The zero-order chi connectivity index (χ0) is 27.1. The molecule has 38 heavy (non-hydrogen) atoms. The number of phenolic OH excluding ortho intramolecular Hbond substituents is 1. The Morgan fingerprint density at radius 1 is 0.711 bits per heavy atom. The first-order chi connectivity index (χ1) is 18.2. The number of phenols is 1. The molecule has 3 N–H and O–H groups in total. The smallest absolute Gasteiger partial charge is 0.275 e.